The standard InChI is InChI=1S/C31H47NO3/c1-2-3-4-5-6-7-8-9-10-11-12-13-14-15-16-17-19-25-24-30(34)32(31(25)35)28-21-18-20-27-26(28)22-23-29(27)33/h18,20-21,25H,2-17,19,22-24H2,1H3. The zero-order valence-corrected chi connectivity index (χ0v) is 22.1. The minimum Gasteiger partial charge on any atom is -0.294 e. The normalized spacial score (nSPS) is 17.6. The van der Waals surface area contributed by atoms with E-state index in [0.29, 0.717) is 30.5 Å². The molecule has 1 aliphatic heterocycles. The van der Waals surface area contributed by atoms with Gasteiger partial charge >= 0.3 is 0 Å². The molecule has 0 N–H and O–H groups in total. The van der Waals surface area contributed by atoms with E-state index in [9.17, 15) is 14.4 Å². The molecule has 1 heterocycles. The third-order valence-corrected chi connectivity index (χ3v) is 7.94. The van der Waals surface area contributed by atoms with E-state index >= 15 is 0 Å². The number of rotatable bonds is 18. The molecular weight excluding hydrogens is 434 g/mol. The maximum atomic E-state index is 13.0. The summed E-state index contributed by atoms with van der Waals surface area (Å²) in [5.41, 5.74) is 2.21. The summed E-state index contributed by atoms with van der Waals surface area (Å²) < 4.78 is 0. The molecule has 1 atom stereocenters. The molecule has 1 aromatic rings. The first-order valence-electron chi connectivity index (χ1n) is 14.7. The van der Waals surface area contributed by atoms with Crippen molar-refractivity contribution in [2.45, 2.75) is 135 Å². The lowest BCUT2D eigenvalue weighted by atomic mass is 9.98. The van der Waals surface area contributed by atoms with Crippen molar-refractivity contribution < 1.29 is 14.4 Å². The van der Waals surface area contributed by atoms with Gasteiger partial charge < -0.3 is 0 Å². The molecule has 2 amide bonds. The highest BCUT2D eigenvalue weighted by atomic mass is 16.2. The Morgan fingerprint density at radius 2 is 1.26 bits per heavy atom. The Morgan fingerprint density at radius 1 is 0.714 bits per heavy atom. The lowest BCUT2D eigenvalue weighted by Crippen LogP contribution is -2.31. The van der Waals surface area contributed by atoms with Crippen molar-refractivity contribution in [3.05, 3.63) is 29.3 Å². The molecule has 0 saturated carbocycles. The van der Waals surface area contributed by atoms with Crippen molar-refractivity contribution in [2.75, 3.05) is 4.90 Å². The van der Waals surface area contributed by atoms with Crippen LogP contribution in [0.5, 0.6) is 0 Å². The molecule has 1 aliphatic carbocycles. The van der Waals surface area contributed by atoms with Gasteiger partial charge in [-0.15, -0.1) is 0 Å². The number of unbranched alkanes of at least 4 members (excludes halogenated alkanes) is 15. The van der Waals surface area contributed by atoms with Crippen LogP contribution in [0, 0.1) is 5.92 Å². The van der Waals surface area contributed by atoms with E-state index in [1.807, 2.05) is 12.1 Å². The van der Waals surface area contributed by atoms with Gasteiger partial charge in [0.25, 0.3) is 0 Å². The third-order valence-electron chi connectivity index (χ3n) is 7.94. The second kappa shape index (κ2) is 15.2. The first-order chi connectivity index (χ1) is 17.1. The summed E-state index contributed by atoms with van der Waals surface area (Å²) in [4.78, 5) is 39.1. The number of hydrogen-bond donors (Lipinski definition) is 0. The number of hydrogen-bond acceptors (Lipinski definition) is 3. The highest BCUT2D eigenvalue weighted by Gasteiger charge is 2.40. The average Bonchev–Trinajstić information content (AvgIpc) is 3.37. The number of nitrogens with zero attached hydrogens (tertiary/aromatic N) is 1. The van der Waals surface area contributed by atoms with Crippen LogP contribution in [0.4, 0.5) is 5.69 Å². The lowest BCUT2D eigenvalue weighted by molar-refractivity contribution is -0.122. The summed E-state index contributed by atoms with van der Waals surface area (Å²) >= 11 is 0. The maximum Gasteiger partial charge on any atom is 0.237 e. The van der Waals surface area contributed by atoms with Crippen LogP contribution >= 0.6 is 0 Å². The van der Waals surface area contributed by atoms with Crippen molar-refractivity contribution in [1.82, 2.24) is 0 Å². The largest absolute Gasteiger partial charge is 0.294 e. The minimum absolute atomic E-state index is 0.0660. The monoisotopic (exact) mass is 481 g/mol. The quantitative estimate of drug-likeness (QED) is 0.156. The van der Waals surface area contributed by atoms with Crippen LogP contribution in [-0.2, 0) is 16.0 Å². The molecular formula is C31H47NO3. The number of benzene rings is 1. The number of imide groups is 1. The number of anilines is 1. The average molecular weight is 482 g/mol. The molecule has 0 radical (unpaired) electrons. The number of carbonyl (C=O) groups excluding carboxylic acids is 3. The van der Waals surface area contributed by atoms with Crippen LogP contribution < -0.4 is 4.90 Å². The summed E-state index contributed by atoms with van der Waals surface area (Å²) in [6.45, 7) is 2.28. The molecule has 1 fully saturated rings. The molecule has 0 bridgehead atoms. The molecule has 1 aromatic carbocycles. The first-order valence-corrected chi connectivity index (χ1v) is 14.7. The van der Waals surface area contributed by atoms with Crippen molar-refractivity contribution >= 4 is 23.3 Å². The summed E-state index contributed by atoms with van der Waals surface area (Å²) in [5.74, 6) is -0.249. The van der Waals surface area contributed by atoms with Crippen molar-refractivity contribution in [3.63, 3.8) is 0 Å². The molecule has 0 aromatic heterocycles. The Hall–Kier alpha value is -1.97. The fourth-order valence-corrected chi connectivity index (χ4v) is 5.79. The van der Waals surface area contributed by atoms with E-state index in [1.54, 1.807) is 6.07 Å². The van der Waals surface area contributed by atoms with Crippen molar-refractivity contribution in [2.24, 2.45) is 5.92 Å². The summed E-state index contributed by atoms with van der Waals surface area (Å²) in [7, 11) is 0. The van der Waals surface area contributed by atoms with Crippen LogP contribution in [0.1, 0.15) is 145 Å². The van der Waals surface area contributed by atoms with Gasteiger partial charge in [-0.3, -0.25) is 19.3 Å². The van der Waals surface area contributed by atoms with Crippen LogP contribution in [0.15, 0.2) is 18.2 Å². The lowest BCUT2D eigenvalue weighted by Gasteiger charge is -2.18. The zero-order chi connectivity index (χ0) is 24.9. The topological polar surface area (TPSA) is 54.5 Å². The number of Topliss-reactive ketones (excluding diaryl/α,β-unsaturated/α-hetero) is 1. The fourth-order valence-electron chi connectivity index (χ4n) is 5.79. The van der Waals surface area contributed by atoms with Crippen molar-refractivity contribution in [1.29, 1.82) is 0 Å². The highest BCUT2D eigenvalue weighted by molar-refractivity contribution is 6.22. The van der Waals surface area contributed by atoms with Crippen LogP contribution in [0.25, 0.3) is 0 Å². The van der Waals surface area contributed by atoms with E-state index in [4.69, 9.17) is 0 Å². The van der Waals surface area contributed by atoms with Crippen molar-refractivity contribution in [3.8, 4) is 0 Å². The Kier molecular flexibility index (Phi) is 12.0. The molecule has 35 heavy (non-hydrogen) atoms. The second-order valence-electron chi connectivity index (χ2n) is 10.8. The van der Waals surface area contributed by atoms with Gasteiger partial charge in [-0.1, -0.05) is 122 Å². The molecule has 2 aliphatic rings. The van der Waals surface area contributed by atoms with Gasteiger partial charge in [0.1, 0.15) is 0 Å². The van der Waals surface area contributed by atoms with Gasteiger partial charge in [-0.2, -0.15) is 0 Å². The highest BCUT2D eigenvalue weighted by Crippen LogP contribution is 2.36. The van der Waals surface area contributed by atoms with E-state index in [1.165, 1.54) is 94.8 Å². The minimum atomic E-state index is -0.192. The number of ketones is 1. The van der Waals surface area contributed by atoms with Gasteiger partial charge in [-0.25, -0.2) is 0 Å². The molecule has 1 unspecified atom stereocenters. The molecule has 0 spiro atoms. The summed E-state index contributed by atoms with van der Waals surface area (Å²) in [5, 5.41) is 0. The fraction of sp³-hybridized carbons (Fsp3) is 0.710. The number of fused-ring (bicyclic) bond motifs is 1. The van der Waals surface area contributed by atoms with Gasteiger partial charge in [-0.05, 0) is 24.5 Å². The predicted octanol–water partition coefficient (Wildman–Crippen LogP) is 8.35. The summed E-state index contributed by atoms with van der Waals surface area (Å²) in [6, 6.07) is 5.43. The molecule has 1 saturated heterocycles. The SMILES string of the molecule is CCCCCCCCCCCCCCCCCCC1CC(=O)N(c2cccc3c2CCC3=O)C1=O. The van der Waals surface area contributed by atoms with Gasteiger partial charge in [0.2, 0.25) is 11.8 Å². The van der Waals surface area contributed by atoms with E-state index < -0.39 is 0 Å². The molecule has 4 heteroatoms. The molecule has 194 valence electrons. The Bertz CT molecular complexity index is 831. The Labute approximate surface area is 213 Å². The Morgan fingerprint density at radius 3 is 1.83 bits per heavy atom. The van der Waals surface area contributed by atoms with E-state index in [0.717, 1.165) is 24.8 Å². The zero-order valence-electron chi connectivity index (χ0n) is 22.1. The molecule has 4 nitrogen and oxygen atoms in total. The van der Waals surface area contributed by atoms with Crippen LogP contribution in [-0.4, -0.2) is 17.6 Å². The van der Waals surface area contributed by atoms with Crippen LogP contribution in [0.3, 0.4) is 0 Å². The maximum absolute atomic E-state index is 13.0. The van der Waals surface area contributed by atoms with Crippen LogP contribution in [0.2, 0.25) is 0 Å². The van der Waals surface area contributed by atoms with Gasteiger partial charge in [0.15, 0.2) is 5.78 Å². The van der Waals surface area contributed by atoms with Gasteiger partial charge in [0, 0.05) is 24.3 Å². The Balaban J connectivity index is 1.22. The summed E-state index contributed by atoms with van der Waals surface area (Å²) in [6.07, 6.45) is 23.6. The third kappa shape index (κ3) is 8.29. The molecule has 3 rings (SSSR count). The van der Waals surface area contributed by atoms with E-state index in [-0.39, 0.29) is 23.5 Å². The van der Waals surface area contributed by atoms with E-state index in [2.05, 4.69) is 6.92 Å². The smallest absolute Gasteiger partial charge is 0.237 e. The number of carbonyl (C=O) groups is 3. The second-order valence-corrected chi connectivity index (χ2v) is 10.8. The first kappa shape index (κ1) is 27.6. The van der Waals surface area contributed by atoms with Gasteiger partial charge in [0.05, 0.1) is 5.69 Å². The predicted molar refractivity (Wildman–Crippen MR) is 144 cm³/mol. The number of amides is 2.